The molecular formula is C25H23Cl2N3O4. The molecule has 9 heteroatoms. The Morgan fingerprint density at radius 2 is 1.68 bits per heavy atom. The van der Waals surface area contributed by atoms with Crippen LogP contribution in [0.1, 0.15) is 28.8 Å². The first-order chi connectivity index (χ1) is 16.2. The number of carbonyl (C=O) groups is 2. The summed E-state index contributed by atoms with van der Waals surface area (Å²) in [7, 11) is 0. The van der Waals surface area contributed by atoms with E-state index in [-0.39, 0.29) is 18.8 Å². The molecule has 0 aliphatic carbocycles. The van der Waals surface area contributed by atoms with E-state index in [1.165, 1.54) is 9.47 Å². The molecule has 3 aromatic rings. The predicted octanol–water partition coefficient (Wildman–Crippen LogP) is 3.46. The average Bonchev–Trinajstić information content (AvgIpc) is 3.12. The summed E-state index contributed by atoms with van der Waals surface area (Å²) in [5, 5.41) is 13.6. The van der Waals surface area contributed by atoms with Gasteiger partial charge < -0.3 is 19.9 Å². The Bertz CT molecular complexity index is 1260. The number of nitrogens with one attached hydrogen (secondary N) is 1. The predicted molar refractivity (Wildman–Crippen MR) is 132 cm³/mol. The van der Waals surface area contributed by atoms with Gasteiger partial charge in [0.1, 0.15) is 11.7 Å². The molecule has 1 fully saturated rings. The molecule has 4 rings (SSSR count). The number of pyridine rings is 1. The van der Waals surface area contributed by atoms with Gasteiger partial charge in [0.15, 0.2) is 0 Å². The van der Waals surface area contributed by atoms with Gasteiger partial charge in [-0.2, -0.15) is 0 Å². The van der Waals surface area contributed by atoms with Crippen LogP contribution in [0.15, 0.2) is 71.7 Å². The average molecular weight is 500 g/mol. The van der Waals surface area contributed by atoms with Crippen molar-refractivity contribution in [1.82, 2.24) is 9.88 Å². The summed E-state index contributed by atoms with van der Waals surface area (Å²) in [4.78, 5) is 40.9. The lowest BCUT2D eigenvalue weighted by Gasteiger charge is -2.19. The van der Waals surface area contributed by atoms with E-state index in [0.29, 0.717) is 15.6 Å². The second kappa shape index (κ2) is 10.0. The van der Waals surface area contributed by atoms with Gasteiger partial charge in [0, 0.05) is 34.3 Å². The number of hydrogen-bond acceptors (Lipinski definition) is 4. The Morgan fingerprint density at radius 1 is 1.06 bits per heavy atom. The molecular weight excluding hydrogens is 477 g/mol. The minimum Gasteiger partial charge on any atom is -0.392 e. The second-order valence-corrected chi connectivity index (χ2v) is 9.14. The van der Waals surface area contributed by atoms with Crippen LogP contribution < -0.4 is 15.8 Å². The molecule has 34 heavy (non-hydrogen) atoms. The van der Waals surface area contributed by atoms with Crippen molar-refractivity contribution in [3.63, 3.8) is 0 Å². The van der Waals surface area contributed by atoms with Gasteiger partial charge in [0.05, 0.1) is 12.6 Å². The number of amides is 2. The zero-order chi connectivity index (χ0) is 24.4. The van der Waals surface area contributed by atoms with E-state index in [1.807, 2.05) is 12.1 Å². The quantitative estimate of drug-likeness (QED) is 0.543. The lowest BCUT2D eigenvalue weighted by Crippen LogP contribution is -2.44. The molecule has 0 spiro atoms. The van der Waals surface area contributed by atoms with Gasteiger partial charge in [-0.05, 0) is 61.0 Å². The summed E-state index contributed by atoms with van der Waals surface area (Å²) >= 11 is 12.0. The number of benzene rings is 2. The SMILES string of the molecule is CC(O)Cn1cccc(N2C[C@@H](c3ccc(Cl)cc3)[C@H](NC(=O)c3ccc(Cl)cc3)C2=O)c1=O. The fourth-order valence-corrected chi connectivity index (χ4v) is 4.36. The number of rotatable bonds is 6. The monoisotopic (exact) mass is 499 g/mol. The van der Waals surface area contributed by atoms with Crippen LogP contribution in [0.5, 0.6) is 0 Å². The number of nitrogens with zero attached hydrogens (tertiary/aromatic N) is 2. The van der Waals surface area contributed by atoms with Crippen LogP contribution in [0.25, 0.3) is 0 Å². The van der Waals surface area contributed by atoms with Gasteiger partial charge >= 0.3 is 0 Å². The van der Waals surface area contributed by atoms with Crippen LogP contribution in [0.2, 0.25) is 10.0 Å². The van der Waals surface area contributed by atoms with E-state index >= 15 is 0 Å². The van der Waals surface area contributed by atoms with Crippen LogP contribution in [-0.4, -0.2) is 40.2 Å². The Kier molecular flexibility index (Phi) is 7.07. The standard InChI is InChI=1S/C25H23Cl2N3O4/c1-15(31)13-29-12-2-3-21(24(29)33)30-14-20(16-4-8-18(26)9-5-16)22(25(30)34)28-23(32)17-6-10-19(27)11-7-17/h2-12,15,20,22,31H,13-14H2,1H3,(H,28,32)/t15?,20-,22-/m0/s1. The second-order valence-electron chi connectivity index (χ2n) is 8.26. The summed E-state index contributed by atoms with van der Waals surface area (Å²) in [5.74, 6) is -1.23. The molecule has 2 amide bonds. The van der Waals surface area contributed by atoms with Gasteiger partial charge in [-0.1, -0.05) is 35.3 Å². The Labute approximate surface area is 206 Å². The molecule has 0 bridgehead atoms. The van der Waals surface area contributed by atoms with Crippen molar-refractivity contribution < 1.29 is 14.7 Å². The lowest BCUT2D eigenvalue weighted by molar-refractivity contribution is -0.118. The van der Waals surface area contributed by atoms with E-state index in [4.69, 9.17) is 23.2 Å². The lowest BCUT2D eigenvalue weighted by atomic mass is 9.94. The maximum absolute atomic E-state index is 13.5. The molecule has 1 aliphatic heterocycles. The Hall–Kier alpha value is -3.13. The number of aliphatic hydroxyl groups is 1. The molecule has 2 heterocycles. The molecule has 0 saturated carbocycles. The third-order valence-electron chi connectivity index (χ3n) is 5.76. The van der Waals surface area contributed by atoms with Crippen LogP contribution >= 0.6 is 23.2 Å². The normalized spacial score (nSPS) is 18.7. The van der Waals surface area contributed by atoms with Crippen molar-refractivity contribution in [3.05, 3.63) is 98.4 Å². The third kappa shape index (κ3) is 5.01. The highest BCUT2D eigenvalue weighted by molar-refractivity contribution is 6.30. The molecule has 3 atom stereocenters. The van der Waals surface area contributed by atoms with E-state index in [9.17, 15) is 19.5 Å². The Balaban J connectivity index is 1.69. The van der Waals surface area contributed by atoms with E-state index in [2.05, 4.69) is 5.32 Å². The number of aromatic nitrogens is 1. The number of halogens is 2. The van der Waals surface area contributed by atoms with Gasteiger partial charge in [-0.3, -0.25) is 14.4 Å². The molecule has 1 aliphatic rings. The highest BCUT2D eigenvalue weighted by Gasteiger charge is 2.43. The maximum atomic E-state index is 13.5. The van der Waals surface area contributed by atoms with E-state index in [0.717, 1.165) is 5.56 Å². The smallest absolute Gasteiger partial charge is 0.274 e. The first kappa shape index (κ1) is 24.0. The number of carbonyl (C=O) groups excluding carboxylic acids is 2. The van der Waals surface area contributed by atoms with Crippen LogP contribution in [-0.2, 0) is 11.3 Å². The van der Waals surface area contributed by atoms with Crippen LogP contribution in [0.4, 0.5) is 5.69 Å². The first-order valence-electron chi connectivity index (χ1n) is 10.8. The van der Waals surface area contributed by atoms with Gasteiger partial charge in [0.25, 0.3) is 11.5 Å². The fourth-order valence-electron chi connectivity index (χ4n) is 4.10. The molecule has 2 aromatic carbocycles. The van der Waals surface area contributed by atoms with Gasteiger partial charge in [-0.25, -0.2) is 0 Å². The van der Waals surface area contributed by atoms with Crippen LogP contribution in [0.3, 0.4) is 0 Å². The van der Waals surface area contributed by atoms with Gasteiger partial charge in [-0.15, -0.1) is 0 Å². The Morgan fingerprint density at radius 3 is 2.29 bits per heavy atom. The van der Waals surface area contributed by atoms with Crippen molar-refractivity contribution in [2.75, 3.05) is 11.4 Å². The summed E-state index contributed by atoms with van der Waals surface area (Å²) in [6, 6.07) is 15.8. The van der Waals surface area contributed by atoms with Crippen molar-refractivity contribution in [3.8, 4) is 0 Å². The molecule has 7 nitrogen and oxygen atoms in total. The minimum atomic E-state index is -0.894. The largest absolute Gasteiger partial charge is 0.392 e. The van der Waals surface area contributed by atoms with Crippen molar-refractivity contribution in [2.24, 2.45) is 0 Å². The van der Waals surface area contributed by atoms with Crippen molar-refractivity contribution >= 4 is 40.7 Å². The number of hydrogen-bond donors (Lipinski definition) is 2. The molecule has 2 N–H and O–H groups in total. The molecule has 0 radical (unpaired) electrons. The maximum Gasteiger partial charge on any atom is 0.274 e. The molecule has 1 saturated heterocycles. The van der Waals surface area contributed by atoms with Crippen LogP contribution in [0, 0.1) is 0 Å². The molecule has 1 aromatic heterocycles. The highest BCUT2D eigenvalue weighted by Crippen LogP contribution is 2.32. The van der Waals surface area contributed by atoms with Gasteiger partial charge in [0.2, 0.25) is 5.91 Å². The summed E-state index contributed by atoms with van der Waals surface area (Å²) in [6.07, 6.45) is 0.839. The molecule has 176 valence electrons. The fraction of sp³-hybridized carbons (Fsp3) is 0.240. The zero-order valence-corrected chi connectivity index (χ0v) is 19.8. The first-order valence-corrected chi connectivity index (χ1v) is 11.5. The number of anilines is 1. The highest BCUT2D eigenvalue weighted by atomic mass is 35.5. The van der Waals surface area contributed by atoms with E-state index in [1.54, 1.807) is 61.7 Å². The summed E-state index contributed by atoms with van der Waals surface area (Å²) < 4.78 is 1.37. The minimum absolute atomic E-state index is 0.103. The van der Waals surface area contributed by atoms with E-state index < -0.39 is 35.4 Å². The van der Waals surface area contributed by atoms with Crippen molar-refractivity contribution in [1.29, 1.82) is 0 Å². The summed E-state index contributed by atoms with van der Waals surface area (Å²) in [5.41, 5.74) is 0.970. The molecule has 1 unspecified atom stereocenters. The van der Waals surface area contributed by atoms with Crippen molar-refractivity contribution in [2.45, 2.75) is 31.5 Å². The zero-order valence-electron chi connectivity index (χ0n) is 18.3. The third-order valence-corrected chi connectivity index (χ3v) is 6.26. The topological polar surface area (TPSA) is 91.6 Å². The number of aliphatic hydroxyl groups excluding tert-OH is 1. The summed E-state index contributed by atoms with van der Waals surface area (Å²) in [6.45, 7) is 1.88.